The molecule has 2 aromatic carbocycles. The van der Waals surface area contributed by atoms with E-state index in [0.717, 1.165) is 28.1 Å². The maximum Gasteiger partial charge on any atom is 0.335 e. The second kappa shape index (κ2) is 11.8. The molecule has 0 radical (unpaired) electrons. The molecule has 3 aromatic rings. The molecule has 0 aliphatic heterocycles. The van der Waals surface area contributed by atoms with Crippen molar-refractivity contribution in [3.63, 3.8) is 0 Å². The Hall–Kier alpha value is -3.10. The van der Waals surface area contributed by atoms with Crippen LogP contribution in [0.4, 0.5) is 5.95 Å². The lowest BCUT2D eigenvalue weighted by Gasteiger charge is -2.23. The van der Waals surface area contributed by atoms with Crippen LogP contribution in [0.1, 0.15) is 68.4 Å². The van der Waals surface area contributed by atoms with Crippen molar-refractivity contribution in [2.24, 2.45) is 11.1 Å². The van der Waals surface area contributed by atoms with Crippen molar-refractivity contribution in [1.82, 2.24) is 9.97 Å². The van der Waals surface area contributed by atoms with Gasteiger partial charge in [-0.3, -0.25) is 4.72 Å². The molecule has 0 saturated carbocycles. The molecule has 1 aromatic heterocycles. The van der Waals surface area contributed by atoms with Gasteiger partial charge in [-0.15, -0.1) is 0 Å². The van der Waals surface area contributed by atoms with Crippen LogP contribution in [0.2, 0.25) is 0 Å². The van der Waals surface area contributed by atoms with Crippen molar-refractivity contribution in [3.05, 3.63) is 65.2 Å². The first-order valence-corrected chi connectivity index (χ1v) is 12.9. The average molecular weight is 509 g/mol. The lowest BCUT2D eigenvalue weighted by atomic mass is 9.89. The predicted molar refractivity (Wildman–Crippen MR) is 147 cm³/mol. The first kappa shape index (κ1) is 27.5. The summed E-state index contributed by atoms with van der Waals surface area (Å²) in [5, 5.41) is 9.29. The van der Waals surface area contributed by atoms with E-state index in [1.165, 1.54) is 17.5 Å². The van der Waals surface area contributed by atoms with Gasteiger partial charge in [0.1, 0.15) is 6.61 Å². The minimum absolute atomic E-state index is 0.0959. The van der Waals surface area contributed by atoms with Gasteiger partial charge in [0.25, 0.3) is 0 Å². The fourth-order valence-corrected chi connectivity index (χ4v) is 4.62. The Balaban J connectivity index is 1.96. The van der Waals surface area contributed by atoms with E-state index < -0.39 is 5.97 Å². The predicted octanol–water partition coefficient (Wildman–Crippen LogP) is 6.54. The molecular weight excluding hydrogens is 472 g/mol. The highest BCUT2D eigenvalue weighted by Gasteiger charge is 2.20. The molecule has 8 heteroatoms. The molecule has 1 atom stereocenters. The summed E-state index contributed by atoms with van der Waals surface area (Å²) < 4.78 is 9.32. The molecular formula is C28H36N4O3S. The van der Waals surface area contributed by atoms with E-state index >= 15 is 0 Å². The smallest absolute Gasteiger partial charge is 0.335 e. The van der Waals surface area contributed by atoms with Crippen molar-refractivity contribution in [2.45, 2.75) is 64.8 Å². The first-order chi connectivity index (χ1) is 16.9. The van der Waals surface area contributed by atoms with Crippen molar-refractivity contribution in [2.75, 3.05) is 11.3 Å². The third-order valence-corrected chi connectivity index (χ3v) is 6.36. The molecule has 0 amide bonds. The molecule has 36 heavy (non-hydrogen) atoms. The van der Waals surface area contributed by atoms with Crippen LogP contribution < -0.4 is 15.2 Å². The molecule has 192 valence electrons. The maximum absolute atomic E-state index is 11.3. The minimum Gasteiger partial charge on any atom is -0.478 e. The lowest BCUT2D eigenvalue weighted by Crippen LogP contribution is -2.32. The number of ether oxygens (including phenoxy) is 1. The number of anilines is 1. The molecule has 4 N–H and O–H groups in total. The summed E-state index contributed by atoms with van der Waals surface area (Å²) in [7, 11) is 0. The second-order valence-electron chi connectivity index (χ2n) is 10.4. The van der Waals surface area contributed by atoms with E-state index in [1.807, 2.05) is 25.1 Å². The summed E-state index contributed by atoms with van der Waals surface area (Å²) in [6, 6.07) is 14.8. The van der Waals surface area contributed by atoms with Gasteiger partial charge < -0.3 is 15.6 Å². The van der Waals surface area contributed by atoms with E-state index in [4.69, 9.17) is 15.5 Å². The third-order valence-electron chi connectivity index (χ3n) is 5.59. The van der Waals surface area contributed by atoms with E-state index in [2.05, 4.69) is 56.5 Å². The first-order valence-electron chi connectivity index (χ1n) is 12.1. The molecule has 1 heterocycles. The molecule has 0 saturated heterocycles. The molecule has 1 unspecified atom stereocenters. The van der Waals surface area contributed by atoms with Crippen LogP contribution in [0.5, 0.6) is 5.88 Å². The summed E-state index contributed by atoms with van der Waals surface area (Å²) in [5.41, 5.74) is 10.5. The molecule has 0 aliphatic carbocycles. The quantitative estimate of drug-likeness (QED) is 0.265. The normalized spacial score (nSPS) is 12.4. The van der Waals surface area contributed by atoms with Crippen LogP contribution in [0.3, 0.4) is 0 Å². The number of carboxylic acid groups (broad SMARTS) is 1. The third kappa shape index (κ3) is 7.45. The van der Waals surface area contributed by atoms with Crippen LogP contribution in [-0.4, -0.2) is 33.7 Å². The number of aromatic nitrogens is 2. The SMILES string of the molecule is Cc1c(OCC(N)CC(C)(C)C)nc(NSc2cccc(C(=O)O)c2)nc1-c1ccccc1C(C)C. The summed E-state index contributed by atoms with van der Waals surface area (Å²) in [6.07, 6.45) is 0.820. The van der Waals surface area contributed by atoms with Gasteiger partial charge in [-0.05, 0) is 60.4 Å². The van der Waals surface area contributed by atoms with Gasteiger partial charge in [0.15, 0.2) is 0 Å². The molecule has 0 fully saturated rings. The lowest BCUT2D eigenvalue weighted by molar-refractivity contribution is 0.0696. The summed E-state index contributed by atoms with van der Waals surface area (Å²) in [4.78, 5) is 21.5. The standard InChI is InChI=1S/C28H36N4O3S/c1-17(2)22-12-7-8-13-23(22)24-18(3)25(35-16-20(29)15-28(4,5)6)31-27(30-24)32-36-21-11-9-10-19(14-21)26(33)34/h7-14,17,20H,15-16,29H2,1-6H3,(H,33,34)(H,30,31,32). The summed E-state index contributed by atoms with van der Waals surface area (Å²) in [5.74, 6) is 0.188. The van der Waals surface area contributed by atoms with Gasteiger partial charge in [0.2, 0.25) is 11.8 Å². The van der Waals surface area contributed by atoms with Gasteiger partial charge in [-0.2, -0.15) is 4.98 Å². The number of rotatable bonds is 10. The Morgan fingerprint density at radius 3 is 2.53 bits per heavy atom. The maximum atomic E-state index is 11.3. The van der Waals surface area contributed by atoms with Gasteiger partial charge >= 0.3 is 5.97 Å². The topological polar surface area (TPSA) is 110 Å². The molecule has 0 bridgehead atoms. The molecule has 0 spiro atoms. The van der Waals surface area contributed by atoms with Gasteiger partial charge in [-0.25, -0.2) is 9.78 Å². The number of nitrogens with one attached hydrogen (secondary N) is 1. The monoisotopic (exact) mass is 508 g/mol. The van der Waals surface area contributed by atoms with Crippen molar-refractivity contribution in [3.8, 4) is 17.1 Å². The Labute approximate surface area is 218 Å². The number of hydrogen-bond acceptors (Lipinski definition) is 7. The van der Waals surface area contributed by atoms with E-state index in [9.17, 15) is 9.90 Å². The zero-order chi connectivity index (χ0) is 26.5. The summed E-state index contributed by atoms with van der Waals surface area (Å²) >= 11 is 1.25. The molecule has 3 rings (SSSR count). The fraction of sp³-hybridized carbons (Fsp3) is 0.393. The van der Waals surface area contributed by atoms with E-state index in [0.29, 0.717) is 24.4 Å². The van der Waals surface area contributed by atoms with Crippen molar-refractivity contribution in [1.29, 1.82) is 0 Å². The van der Waals surface area contributed by atoms with Crippen LogP contribution in [0.15, 0.2) is 53.4 Å². The Bertz CT molecular complexity index is 1210. The number of benzene rings is 2. The van der Waals surface area contributed by atoms with Crippen LogP contribution >= 0.6 is 11.9 Å². The largest absolute Gasteiger partial charge is 0.478 e. The average Bonchev–Trinajstić information content (AvgIpc) is 2.81. The number of carboxylic acids is 1. The Morgan fingerprint density at radius 2 is 1.86 bits per heavy atom. The van der Waals surface area contributed by atoms with Crippen molar-refractivity contribution >= 4 is 23.9 Å². The van der Waals surface area contributed by atoms with Crippen LogP contribution in [-0.2, 0) is 0 Å². The van der Waals surface area contributed by atoms with Gasteiger partial charge in [0, 0.05) is 22.1 Å². The van der Waals surface area contributed by atoms with E-state index in [1.54, 1.807) is 18.2 Å². The highest BCUT2D eigenvalue weighted by Crippen LogP contribution is 2.35. The number of hydrogen-bond donors (Lipinski definition) is 3. The van der Waals surface area contributed by atoms with Gasteiger partial charge in [-0.1, -0.05) is 65.0 Å². The Kier molecular flexibility index (Phi) is 8.98. The van der Waals surface area contributed by atoms with Crippen molar-refractivity contribution < 1.29 is 14.6 Å². The number of nitrogens with zero attached hydrogens (tertiary/aromatic N) is 2. The summed E-state index contributed by atoms with van der Waals surface area (Å²) in [6.45, 7) is 13.1. The minimum atomic E-state index is -0.973. The van der Waals surface area contributed by atoms with Crippen LogP contribution in [0, 0.1) is 12.3 Å². The number of carbonyl (C=O) groups is 1. The van der Waals surface area contributed by atoms with Crippen LogP contribution in [0.25, 0.3) is 11.3 Å². The highest BCUT2D eigenvalue weighted by atomic mass is 32.2. The Morgan fingerprint density at radius 1 is 1.14 bits per heavy atom. The molecule has 0 aliphatic rings. The highest BCUT2D eigenvalue weighted by molar-refractivity contribution is 8.00. The fourth-order valence-electron chi connectivity index (χ4n) is 3.99. The number of aromatic carboxylic acids is 1. The second-order valence-corrected chi connectivity index (χ2v) is 11.3. The zero-order valence-electron chi connectivity index (χ0n) is 21.8. The van der Waals surface area contributed by atoms with E-state index in [-0.39, 0.29) is 17.0 Å². The zero-order valence-corrected chi connectivity index (χ0v) is 22.6. The van der Waals surface area contributed by atoms with Gasteiger partial charge in [0.05, 0.1) is 11.3 Å². The molecule has 7 nitrogen and oxygen atoms in total. The number of nitrogens with two attached hydrogens (primary N) is 1.